The molecule has 0 aliphatic carbocycles. The van der Waals surface area contributed by atoms with Crippen LogP contribution in [-0.2, 0) is 0 Å². The van der Waals surface area contributed by atoms with Gasteiger partial charge in [-0.1, -0.05) is 12.0 Å². The van der Waals surface area contributed by atoms with Gasteiger partial charge >= 0.3 is 0 Å². The Kier molecular flexibility index (Phi) is 5.18. The van der Waals surface area contributed by atoms with Gasteiger partial charge in [-0.2, -0.15) is 5.10 Å². The number of aromatic nitrogens is 3. The van der Waals surface area contributed by atoms with Crippen molar-refractivity contribution in [3.05, 3.63) is 77.9 Å². The summed E-state index contributed by atoms with van der Waals surface area (Å²) in [6, 6.07) is 12.9. The average molecular weight is 372 g/mol. The van der Waals surface area contributed by atoms with Crippen molar-refractivity contribution in [2.24, 2.45) is 0 Å². The van der Waals surface area contributed by atoms with E-state index in [1.54, 1.807) is 34.1 Å². The van der Waals surface area contributed by atoms with E-state index in [0.717, 1.165) is 5.69 Å². The number of amides is 1. The molecule has 28 heavy (non-hydrogen) atoms. The normalized spacial score (nSPS) is 14.4. The Bertz CT molecular complexity index is 1010. The largest absolute Gasteiger partial charge is 0.393 e. The molecule has 0 radical (unpaired) electrons. The zero-order valence-electron chi connectivity index (χ0n) is 15.3. The molecular formula is C22H20N4O2. The van der Waals surface area contributed by atoms with Crippen LogP contribution in [0.1, 0.15) is 34.5 Å². The predicted molar refractivity (Wildman–Crippen MR) is 105 cm³/mol. The van der Waals surface area contributed by atoms with Crippen LogP contribution in [0.2, 0.25) is 0 Å². The molecular weight excluding hydrogens is 352 g/mol. The van der Waals surface area contributed by atoms with Crippen LogP contribution >= 0.6 is 0 Å². The number of carbonyl (C=O) groups excluding carboxylic acids is 1. The fourth-order valence-corrected chi connectivity index (χ4v) is 3.20. The average Bonchev–Trinajstić information content (AvgIpc) is 3.27. The third-order valence-electron chi connectivity index (χ3n) is 4.74. The van der Waals surface area contributed by atoms with Crippen LogP contribution in [0.15, 0.2) is 61.1 Å². The molecule has 3 heterocycles. The van der Waals surface area contributed by atoms with Gasteiger partial charge in [0.1, 0.15) is 5.69 Å². The minimum absolute atomic E-state index is 0.0419. The fraction of sp³-hybridized carbons (Fsp3) is 0.227. The molecule has 4 rings (SSSR count). The Labute approximate surface area is 163 Å². The van der Waals surface area contributed by atoms with Crippen LogP contribution in [0.3, 0.4) is 0 Å². The van der Waals surface area contributed by atoms with E-state index in [-0.39, 0.29) is 12.0 Å². The second-order valence-corrected chi connectivity index (χ2v) is 6.67. The van der Waals surface area contributed by atoms with Gasteiger partial charge < -0.3 is 10.0 Å². The molecule has 1 N–H and O–H groups in total. The van der Waals surface area contributed by atoms with Crippen LogP contribution in [0.25, 0.3) is 5.69 Å². The summed E-state index contributed by atoms with van der Waals surface area (Å²) in [5, 5.41) is 14.0. The monoisotopic (exact) mass is 372 g/mol. The number of rotatable bonds is 2. The third kappa shape index (κ3) is 3.95. The van der Waals surface area contributed by atoms with Gasteiger partial charge in [-0.3, -0.25) is 4.79 Å². The summed E-state index contributed by atoms with van der Waals surface area (Å²) in [4.78, 5) is 18.9. The molecule has 1 aliphatic rings. The molecule has 1 aliphatic heterocycles. The molecule has 1 fully saturated rings. The summed E-state index contributed by atoms with van der Waals surface area (Å²) in [6.45, 7) is 1.13. The van der Waals surface area contributed by atoms with Gasteiger partial charge in [0.25, 0.3) is 5.91 Å². The summed E-state index contributed by atoms with van der Waals surface area (Å²) in [5.41, 5.74) is 2.75. The molecule has 1 aromatic carbocycles. The number of likely N-dealkylation sites (tertiary alicyclic amines) is 1. The van der Waals surface area contributed by atoms with Crippen molar-refractivity contribution in [3.8, 4) is 17.5 Å². The minimum Gasteiger partial charge on any atom is -0.393 e. The maximum absolute atomic E-state index is 12.9. The first kappa shape index (κ1) is 18.0. The lowest BCUT2D eigenvalue weighted by Crippen LogP contribution is -2.40. The number of piperidine rings is 1. The zero-order chi connectivity index (χ0) is 19.3. The Morgan fingerprint density at radius 1 is 1.07 bits per heavy atom. The van der Waals surface area contributed by atoms with E-state index < -0.39 is 0 Å². The van der Waals surface area contributed by atoms with Crippen LogP contribution < -0.4 is 0 Å². The Balaban J connectivity index is 1.68. The fourth-order valence-electron chi connectivity index (χ4n) is 3.20. The number of aliphatic hydroxyl groups excluding tert-OH is 1. The summed E-state index contributed by atoms with van der Waals surface area (Å²) >= 11 is 0. The van der Waals surface area contributed by atoms with E-state index in [0.29, 0.717) is 42.8 Å². The van der Waals surface area contributed by atoms with Gasteiger partial charge in [0.2, 0.25) is 0 Å². The number of aliphatic hydroxyl groups is 1. The van der Waals surface area contributed by atoms with Gasteiger partial charge in [-0.15, -0.1) is 0 Å². The first-order valence-electron chi connectivity index (χ1n) is 9.25. The summed E-state index contributed by atoms with van der Waals surface area (Å²) in [7, 11) is 0. The van der Waals surface area contributed by atoms with Crippen LogP contribution in [0, 0.1) is 11.8 Å². The predicted octanol–water partition coefficient (Wildman–Crippen LogP) is 2.26. The summed E-state index contributed by atoms with van der Waals surface area (Å²) < 4.78 is 1.73. The molecule has 3 aromatic rings. The van der Waals surface area contributed by atoms with E-state index >= 15 is 0 Å². The first-order chi connectivity index (χ1) is 13.7. The second kappa shape index (κ2) is 8.07. The number of pyridine rings is 1. The lowest BCUT2D eigenvalue weighted by atomic mass is 10.0. The Morgan fingerprint density at radius 2 is 1.93 bits per heavy atom. The lowest BCUT2D eigenvalue weighted by Gasteiger charge is -2.29. The van der Waals surface area contributed by atoms with E-state index in [9.17, 15) is 9.90 Å². The molecule has 0 bridgehead atoms. The van der Waals surface area contributed by atoms with Crippen LogP contribution in [0.4, 0.5) is 0 Å². The molecule has 0 unspecified atom stereocenters. The highest BCUT2D eigenvalue weighted by molar-refractivity contribution is 5.95. The van der Waals surface area contributed by atoms with Crippen molar-refractivity contribution >= 4 is 5.91 Å². The van der Waals surface area contributed by atoms with Gasteiger partial charge in [-0.05, 0) is 55.2 Å². The molecule has 0 saturated carbocycles. The van der Waals surface area contributed by atoms with Crippen molar-refractivity contribution in [1.82, 2.24) is 19.7 Å². The number of hydrogen-bond donors (Lipinski definition) is 1. The molecule has 0 atom stereocenters. The maximum atomic E-state index is 12.9. The molecule has 1 saturated heterocycles. The molecule has 6 nitrogen and oxygen atoms in total. The van der Waals surface area contributed by atoms with Crippen molar-refractivity contribution in [2.45, 2.75) is 18.9 Å². The van der Waals surface area contributed by atoms with E-state index in [4.69, 9.17) is 0 Å². The van der Waals surface area contributed by atoms with Crippen molar-refractivity contribution in [2.75, 3.05) is 13.1 Å². The molecule has 1 amide bonds. The second-order valence-electron chi connectivity index (χ2n) is 6.67. The van der Waals surface area contributed by atoms with Crippen LogP contribution in [0.5, 0.6) is 0 Å². The smallest absolute Gasteiger partial charge is 0.253 e. The van der Waals surface area contributed by atoms with Gasteiger partial charge in [0, 0.05) is 37.2 Å². The molecule has 140 valence electrons. The van der Waals surface area contributed by atoms with Gasteiger partial charge in [0.05, 0.1) is 17.4 Å². The third-order valence-corrected chi connectivity index (χ3v) is 4.74. The minimum atomic E-state index is -0.314. The van der Waals surface area contributed by atoms with Crippen LogP contribution in [-0.4, -0.2) is 49.9 Å². The number of benzene rings is 1. The molecule has 2 aromatic heterocycles. The van der Waals surface area contributed by atoms with Crippen molar-refractivity contribution in [1.29, 1.82) is 0 Å². The first-order valence-corrected chi connectivity index (χ1v) is 9.25. The SMILES string of the molecule is O=C(c1ccc(-n2cccn2)c(C#Cc2ccccn2)c1)N1CCC(O)CC1. The highest BCUT2D eigenvalue weighted by Crippen LogP contribution is 2.19. The topological polar surface area (TPSA) is 71.2 Å². The van der Waals surface area contributed by atoms with Crippen molar-refractivity contribution < 1.29 is 9.90 Å². The molecule has 6 heteroatoms. The summed E-state index contributed by atoms with van der Waals surface area (Å²) in [5.74, 6) is 6.15. The number of nitrogens with zero attached hydrogens (tertiary/aromatic N) is 4. The van der Waals surface area contributed by atoms with E-state index in [2.05, 4.69) is 21.9 Å². The number of hydrogen-bond acceptors (Lipinski definition) is 4. The Hall–Kier alpha value is -3.43. The number of carbonyl (C=O) groups is 1. The highest BCUT2D eigenvalue weighted by atomic mass is 16.3. The van der Waals surface area contributed by atoms with Crippen molar-refractivity contribution in [3.63, 3.8) is 0 Å². The molecule has 0 spiro atoms. The maximum Gasteiger partial charge on any atom is 0.253 e. The summed E-state index contributed by atoms with van der Waals surface area (Å²) in [6.07, 6.45) is 6.16. The lowest BCUT2D eigenvalue weighted by molar-refractivity contribution is 0.0546. The van der Waals surface area contributed by atoms with E-state index in [1.165, 1.54) is 0 Å². The highest BCUT2D eigenvalue weighted by Gasteiger charge is 2.22. The quantitative estimate of drug-likeness (QED) is 0.701. The Morgan fingerprint density at radius 3 is 2.64 bits per heavy atom. The van der Waals surface area contributed by atoms with Gasteiger partial charge in [-0.25, -0.2) is 9.67 Å². The standard InChI is InChI=1S/C22H20N4O2/c27-20-9-14-25(15-10-20)22(28)18-6-8-21(26-13-3-12-24-26)17(16-18)5-7-19-4-1-2-11-23-19/h1-4,6,8,11-13,16,20,27H,9-10,14-15H2. The van der Waals surface area contributed by atoms with E-state index in [1.807, 2.05) is 36.5 Å². The zero-order valence-corrected chi connectivity index (χ0v) is 15.3. The van der Waals surface area contributed by atoms with Gasteiger partial charge in [0.15, 0.2) is 0 Å².